The molecule has 0 aliphatic rings. The second-order valence-electron chi connectivity index (χ2n) is 7.62. The van der Waals surface area contributed by atoms with Gasteiger partial charge in [-0.1, -0.05) is 17.7 Å². The van der Waals surface area contributed by atoms with Gasteiger partial charge in [0.2, 0.25) is 0 Å². The molecule has 0 aliphatic carbocycles. The topological polar surface area (TPSA) is 98.5 Å². The molecular formula is C25H25ClN4O4. The first-order chi connectivity index (χ1) is 16.4. The van der Waals surface area contributed by atoms with E-state index in [1.807, 2.05) is 12.1 Å². The number of methoxy groups -OCH3 is 1. The van der Waals surface area contributed by atoms with E-state index in [0.717, 1.165) is 28.9 Å². The molecule has 2 N–H and O–H groups in total. The summed E-state index contributed by atoms with van der Waals surface area (Å²) < 4.78 is 13.2. The molecule has 34 heavy (non-hydrogen) atoms. The number of aromatic nitrogens is 3. The van der Waals surface area contributed by atoms with Crippen LogP contribution in [0.25, 0.3) is 22.2 Å². The van der Waals surface area contributed by atoms with Gasteiger partial charge in [0.1, 0.15) is 29.2 Å². The van der Waals surface area contributed by atoms with Gasteiger partial charge in [0.05, 0.1) is 29.9 Å². The number of hydrogen-bond donors (Lipinski definition) is 2. The molecule has 0 unspecified atom stereocenters. The summed E-state index contributed by atoms with van der Waals surface area (Å²) in [4.78, 5) is 20.2. The van der Waals surface area contributed by atoms with Gasteiger partial charge in [0, 0.05) is 35.8 Å². The molecule has 0 radical (unpaired) electrons. The van der Waals surface area contributed by atoms with Crippen LogP contribution >= 0.6 is 11.6 Å². The standard InChI is InChI=1S/C25H25ClN4O4/c1-4-34-22-12-16(11-18(26)24(22)25(31)32)19-13-23(29-14-28-19)27-8-9-30-15(2)10-17-20(30)6-5-7-21(17)33-3/h5-7,10-14H,4,8-9H2,1-3H3,(H,31,32)(H,27,28,29). The van der Waals surface area contributed by atoms with Crippen LogP contribution < -0.4 is 14.8 Å². The number of aryl methyl sites for hydroxylation is 1. The van der Waals surface area contributed by atoms with Gasteiger partial charge < -0.3 is 24.5 Å². The predicted molar refractivity (Wildman–Crippen MR) is 132 cm³/mol. The summed E-state index contributed by atoms with van der Waals surface area (Å²) in [7, 11) is 1.68. The number of carboxylic acids is 1. The van der Waals surface area contributed by atoms with Gasteiger partial charge in [-0.2, -0.15) is 0 Å². The SMILES string of the molecule is CCOc1cc(-c2cc(NCCn3c(C)cc4c(OC)cccc43)ncn2)cc(Cl)c1C(=O)O. The molecular weight excluding hydrogens is 456 g/mol. The van der Waals surface area contributed by atoms with Crippen LogP contribution in [0.4, 0.5) is 5.82 Å². The van der Waals surface area contributed by atoms with Crippen molar-refractivity contribution in [2.45, 2.75) is 20.4 Å². The summed E-state index contributed by atoms with van der Waals surface area (Å²) in [6, 6.07) is 13.1. The number of carboxylic acid groups (broad SMARTS) is 1. The van der Waals surface area contributed by atoms with Crippen molar-refractivity contribution in [3.05, 3.63) is 65.1 Å². The summed E-state index contributed by atoms with van der Waals surface area (Å²) in [5, 5.41) is 14.0. The second-order valence-corrected chi connectivity index (χ2v) is 8.02. The van der Waals surface area contributed by atoms with Crippen LogP contribution in [0.15, 0.2) is 48.8 Å². The summed E-state index contributed by atoms with van der Waals surface area (Å²) in [6.07, 6.45) is 1.46. The summed E-state index contributed by atoms with van der Waals surface area (Å²) in [5.74, 6) is 0.561. The van der Waals surface area contributed by atoms with Gasteiger partial charge >= 0.3 is 5.97 Å². The lowest BCUT2D eigenvalue weighted by molar-refractivity contribution is 0.0693. The fraction of sp³-hybridized carbons (Fsp3) is 0.240. The van der Waals surface area contributed by atoms with Crippen LogP contribution in [0.3, 0.4) is 0 Å². The van der Waals surface area contributed by atoms with Crippen molar-refractivity contribution in [2.24, 2.45) is 0 Å². The first-order valence-electron chi connectivity index (χ1n) is 10.8. The average molecular weight is 481 g/mol. The number of aromatic carboxylic acids is 1. The normalized spacial score (nSPS) is 10.9. The van der Waals surface area contributed by atoms with Crippen molar-refractivity contribution in [3.63, 3.8) is 0 Å². The second kappa shape index (κ2) is 10.0. The number of hydrogen-bond acceptors (Lipinski definition) is 6. The van der Waals surface area contributed by atoms with Gasteiger partial charge in [0.25, 0.3) is 0 Å². The molecule has 0 bridgehead atoms. The van der Waals surface area contributed by atoms with Crippen molar-refractivity contribution in [1.29, 1.82) is 0 Å². The van der Waals surface area contributed by atoms with Gasteiger partial charge in [-0.3, -0.25) is 0 Å². The molecule has 0 fully saturated rings. The molecule has 8 nitrogen and oxygen atoms in total. The largest absolute Gasteiger partial charge is 0.496 e. The number of nitrogens with zero attached hydrogens (tertiary/aromatic N) is 3. The molecule has 0 saturated carbocycles. The molecule has 9 heteroatoms. The highest BCUT2D eigenvalue weighted by Crippen LogP contribution is 2.33. The summed E-state index contributed by atoms with van der Waals surface area (Å²) >= 11 is 6.25. The maximum atomic E-state index is 11.6. The lowest BCUT2D eigenvalue weighted by Crippen LogP contribution is -2.12. The van der Waals surface area contributed by atoms with Gasteiger partial charge in [-0.25, -0.2) is 14.8 Å². The molecule has 0 amide bonds. The zero-order valence-corrected chi connectivity index (χ0v) is 19.9. The van der Waals surface area contributed by atoms with Crippen LogP contribution in [-0.4, -0.2) is 45.9 Å². The molecule has 4 aromatic rings. The molecule has 4 rings (SSSR count). The predicted octanol–water partition coefficient (Wildman–Crippen LogP) is 5.28. The van der Waals surface area contributed by atoms with Crippen molar-refractivity contribution in [1.82, 2.24) is 14.5 Å². The highest BCUT2D eigenvalue weighted by Gasteiger charge is 2.19. The van der Waals surface area contributed by atoms with Crippen molar-refractivity contribution in [3.8, 4) is 22.8 Å². The third kappa shape index (κ3) is 4.63. The van der Waals surface area contributed by atoms with Crippen LogP contribution in [0.5, 0.6) is 11.5 Å². The highest BCUT2D eigenvalue weighted by molar-refractivity contribution is 6.34. The molecule has 176 valence electrons. The van der Waals surface area contributed by atoms with E-state index in [2.05, 4.69) is 38.9 Å². The number of rotatable bonds is 9. The fourth-order valence-corrected chi connectivity index (χ4v) is 4.27. The number of carbonyl (C=O) groups is 1. The van der Waals surface area contributed by atoms with E-state index < -0.39 is 5.97 Å². The quantitative estimate of drug-likeness (QED) is 0.336. The summed E-state index contributed by atoms with van der Waals surface area (Å²) in [6.45, 7) is 5.54. The lowest BCUT2D eigenvalue weighted by Gasteiger charge is -2.13. The van der Waals surface area contributed by atoms with Gasteiger partial charge in [0.15, 0.2) is 0 Å². The van der Waals surface area contributed by atoms with E-state index in [9.17, 15) is 9.90 Å². The Bertz CT molecular complexity index is 1350. The van der Waals surface area contributed by atoms with E-state index in [0.29, 0.717) is 30.2 Å². The van der Waals surface area contributed by atoms with E-state index >= 15 is 0 Å². The molecule has 2 heterocycles. The number of nitrogens with one attached hydrogen (secondary N) is 1. The first-order valence-corrected chi connectivity index (χ1v) is 11.2. The van der Waals surface area contributed by atoms with E-state index in [1.54, 1.807) is 32.2 Å². The Morgan fingerprint density at radius 3 is 2.74 bits per heavy atom. The Hall–Kier alpha value is -3.78. The number of ether oxygens (including phenoxy) is 2. The molecule has 0 atom stereocenters. The molecule has 2 aromatic heterocycles. The van der Waals surface area contributed by atoms with Crippen molar-refractivity contribution >= 4 is 34.3 Å². The number of anilines is 1. The Balaban J connectivity index is 1.54. The Morgan fingerprint density at radius 2 is 2.00 bits per heavy atom. The smallest absolute Gasteiger partial charge is 0.341 e. The van der Waals surface area contributed by atoms with E-state index in [4.69, 9.17) is 21.1 Å². The van der Waals surface area contributed by atoms with Crippen molar-refractivity contribution in [2.75, 3.05) is 25.6 Å². The van der Waals surface area contributed by atoms with E-state index in [-0.39, 0.29) is 16.3 Å². The van der Waals surface area contributed by atoms with Crippen LogP contribution in [0.1, 0.15) is 23.0 Å². The van der Waals surface area contributed by atoms with Crippen LogP contribution in [0, 0.1) is 6.92 Å². The number of benzene rings is 2. The Morgan fingerprint density at radius 1 is 1.18 bits per heavy atom. The van der Waals surface area contributed by atoms with Gasteiger partial charge in [-0.15, -0.1) is 0 Å². The number of fused-ring (bicyclic) bond motifs is 1. The van der Waals surface area contributed by atoms with Gasteiger partial charge in [-0.05, 0) is 44.2 Å². The first kappa shape index (κ1) is 23.4. The van der Waals surface area contributed by atoms with Crippen molar-refractivity contribution < 1.29 is 19.4 Å². The molecule has 0 spiro atoms. The third-order valence-corrected chi connectivity index (χ3v) is 5.80. The van der Waals surface area contributed by atoms with E-state index in [1.165, 1.54) is 6.33 Å². The Kier molecular flexibility index (Phi) is 6.88. The zero-order valence-electron chi connectivity index (χ0n) is 19.1. The Labute approximate surface area is 202 Å². The van der Waals surface area contributed by atoms with Crippen LogP contribution in [0.2, 0.25) is 5.02 Å². The molecule has 0 aliphatic heterocycles. The third-order valence-electron chi connectivity index (χ3n) is 5.50. The number of halogens is 1. The van der Waals surface area contributed by atoms with Crippen LogP contribution in [-0.2, 0) is 6.54 Å². The molecule has 2 aromatic carbocycles. The zero-order chi connectivity index (χ0) is 24.2. The monoisotopic (exact) mass is 480 g/mol. The maximum absolute atomic E-state index is 11.6. The lowest BCUT2D eigenvalue weighted by atomic mass is 10.1. The minimum Gasteiger partial charge on any atom is -0.496 e. The minimum absolute atomic E-state index is 0.0642. The molecule has 0 saturated heterocycles. The summed E-state index contributed by atoms with van der Waals surface area (Å²) in [5.41, 5.74) is 3.43. The minimum atomic E-state index is -1.14. The highest BCUT2D eigenvalue weighted by atomic mass is 35.5. The maximum Gasteiger partial charge on any atom is 0.341 e. The fourth-order valence-electron chi connectivity index (χ4n) is 3.98. The average Bonchev–Trinajstić information content (AvgIpc) is 3.14.